The molecule has 108 valence electrons. The maximum Gasteiger partial charge on any atom is 0.0543 e. The van der Waals surface area contributed by atoms with Crippen molar-refractivity contribution < 1.29 is 0 Å². The second-order valence-corrected chi connectivity index (χ2v) is 5.36. The van der Waals surface area contributed by atoms with Gasteiger partial charge in [-0.25, -0.2) is 0 Å². The summed E-state index contributed by atoms with van der Waals surface area (Å²) in [6.07, 6.45) is 4.30. The second-order valence-electron chi connectivity index (χ2n) is 5.36. The average Bonchev–Trinajstić information content (AvgIpc) is 2.47. The third-order valence-corrected chi connectivity index (χ3v) is 4.17. The van der Waals surface area contributed by atoms with Crippen LogP contribution in [0.2, 0.25) is 0 Å². The lowest BCUT2D eigenvalue weighted by atomic mass is 9.81. The molecule has 0 aliphatic rings. The molecule has 0 aromatic carbocycles. The van der Waals surface area contributed by atoms with Gasteiger partial charge in [0.05, 0.1) is 5.69 Å². The van der Waals surface area contributed by atoms with Gasteiger partial charge in [-0.1, -0.05) is 26.8 Å². The summed E-state index contributed by atoms with van der Waals surface area (Å²) in [7, 11) is 2.05. The third kappa shape index (κ3) is 4.92. The first kappa shape index (κ1) is 16.1. The maximum atomic E-state index is 4.44. The van der Waals surface area contributed by atoms with E-state index in [9.17, 15) is 0 Å². The molecule has 0 unspecified atom stereocenters. The van der Waals surface area contributed by atoms with Gasteiger partial charge in [-0.3, -0.25) is 9.88 Å². The summed E-state index contributed by atoms with van der Waals surface area (Å²) in [5, 5.41) is 3.36. The number of hydrogen-bond acceptors (Lipinski definition) is 3. The maximum absolute atomic E-state index is 4.44. The number of pyridine rings is 1. The molecule has 0 saturated carbocycles. The molecule has 1 aromatic rings. The Balaban J connectivity index is 2.69. The lowest BCUT2D eigenvalue weighted by molar-refractivity contribution is 0.134. The SMILES string of the molecule is CCN(Cc1ccccn1)CC(CC)(CC)CNC. The molecule has 0 aliphatic carbocycles. The summed E-state index contributed by atoms with van der Waals surface area (Å²) < 4.78 is 0. The monoisotopic (exact) mass is 263 g/mol. The molecule has 1 rings (SSSR count). The minimum Gasteiger partial charge on any atom is -0.319 e. The fourth-order valence-electron chi connectivity index (χ4n) is 2.63. The molecule has 0 amide bonds. The zero-order chi connectivity index (χ0) is 14.1. The van der Waals surface area contributed by atoms with Gasteiger partial charge in [0.2, 0.25) is 0 Å². The van der Waals surface area contributed by atoms with Crippen molar-refractivity contribution in [1.29, 1.82) is 0 Å². The van der Waals surface area contributed by atoms with Crippen molar-refractivity contribution in [2.75, 3.05) is 26.7 Å². The molecule has 19 heavy (non-hydrogen) atoms. The summed E-state index contributed by atoms with van der Waals surface area (Å²) in [6.45, 7) is 11.1. The largest absolute Gasteiger partial charge is 0.319 e. The van der Waals surface area contributed by atoms with Gasteiger partial charge in [0, 0.05) is 25.8 Å². The molecular formula is C16H29N3. The van der Waals surface area contributed by atoms with Gasteiger partial charge in [-0.15, -0.1) is 0 Å². The van der Waals surface area contributed by atoms with Crippen molar-refractivity contribution in [3.8, 4) is 0 Å². The number of hydrogen-bond donors (Lipinski definition) is 1. The van der Waals surface area contributed by atoms with Crippen LogP contribution in [-0.4, -0.2) is 36.6 Å². The normalized spacial score (nSPS) is 12.1. The highest BCUT2D eigenvalue weighted by Crippen LogP contribution is 2.27. The van der Waals surface area contributed by atoms with Crippen molar-refractivity contribution in [2.45, 2.75) is 40.2 Å². The summed E-state index contributed by atoms with van der Waals surface area (Å²) in [4.78, 5) is 6.94. The minimum atomic E-state index is 0.375. The number of nitrogens with zero attached hydrogens (tertiary/aromatic N) is 2. The summed E-state index contributed by atoms with van der Waals surface area (Å²) in [5.74, 6) is 0. The average molecular weight is 263 g/mol. The van der Waals surface area contributed by atoms with Crippen LogP contribution in [0.1, 0.15) is 39.3 Å². The Kier molecular flexibility index (Phi) is 7.03. The summed E-state index contributed by atoms with van der Waals surface area (Å²) >= 11 is 0. The number of aromatic nitrogens is 1. The number of rotatable bonds is 9. The zero-order valence-corrected chi connectivity index (χ0v) is 12.9. The third-order valence-electron chi connectivity index (χ3n) is 4.17. The quantitative estimate of drug-likeness (QED) is 0.742. The van der Waals surface area contributed by atoms with Crippen LogP contribution in [0.4, 0.5) is 0 Å². The van der Waals surface area contributed by atoms with E-state index in [4.69, 9.17) is 0 Å². The smallest absolute Gasteiger partial charge is 0.0543 e. The minimum absolute atomic E-state index is 0.375. The molecule has 1 aromatic heterocycles. The van der Waals surface area contributed by atoms with Crippen LogP contribution in [0.5, 0.6) is 0 Å². The fraction of sp³-hybridized carbons (Fsp3) is 0.688. The molecule has 0 radical (unpaired) electrons. The van der Waals surface area contributed by atoms with Gasteiger partial charge in [0.15, 0.2) is 0 Å². The van der Waals surface area contributed by atoms with Gasteiger partial charge in [0.25, 0.3) is 0 Å². The highest BCUT2D eigenvalue weighted by Gasteiger charge is 2.27. The Morgan fingerprint density at radius 1 is 1.21 bits per heavy atom. The highest BCUT2D eigenvalue weighted by atomic mass is 15.1. The molecule has 3 nitrogen and oxygen atoms in total. The van der Waals surface area contributed by atoms with Crippen LogP contribution in [0, 0.1) is 5.41 Å². The van der Waals surface area contributed by atoms with E-state index in [2.05, 4.69) is 55.2 Å². The molecule has 0 aliphatic heterocycles. The van der Waals surface area contributed by atoms with Crippen molar-refractivity contribution in [1.82, 2.24) is 15.2 Å². The van der Waals surface area contributed by atoms with E-state index in [0.29, 0.717) is 5.41 Å². The van der Waals surface area contributed by atoms with Crippen LogP contribution in [-0.2, 0) is 6.54 Å². The van der Waals surface area contributed by atoms with Crippen molar-refractivity contribution in [3.05, 3.63) is 30.1 Å². The summed E-state index contributed by atoms with van der Waals surface area (Å²) in [5.41, 5.74) is 1.54. The molecule has 0 saturated heterocycles. The van der Waals surface area contributed by atoms with Gasteiger partial charge in [-0.05, 0) is 44.0 Å². The van der Waals surface area contributed by atoms with Crippen molar-refractivity contribution in [2.24, 2.45) is 5.41 Å². The Morgan fingerprint density at radius 2 is 1.95 bits per heavy atom. The van der Waals surface area contributed by atoms with Crippen molar-refractivity contribution >= 4 is 0 Å². The van der Waals surface area contributed by atoms with E-state index >= 15 is 0 Å². The van der Waals surface area contributed by atoms with Gasteiger partial charge < -0.3 is 5.32 Å². The fourth-order valence-corrected chi connectivity index (χ4v) is 2.63. The zero-order valence-electron chi connectivity index (χ0n) is 12.9. The molecule has 3 heteroatoms. The Labute approximate surface area is 118 Å². The predicted octanol–water partition coefficient (Wildman–Crippen LogP) is 2.93. The van der Waals surface area contributed by atoms with E-state index in [1.165, 1.54) is 12.8 Å². The second kappa shape index (κ2) is 8.28. The standard InChI is InChI=1S/C16H29N3/c1-5-16(6-2,13-17-4)14-19(7-3)12-15-10-8-9-11-18-15/h8-11,17H,5-7,12-14H2,1-4H3. The molecule has 1 N–H and O–H groups in total. The molecular weight excluding hydrogens is 234 g/mol. The topological polar surface area (TPSA) is 28.2 Å². The molecule has 0 bridgehead atoms. The Bertz CT molecular complexity index is 333. The molecule has 0 spiro atoms. The molecule has 0 fully saturated rings. The first-order valence-corrected chi connectivity index (χ1v) is 7.46. The van der Waals surface area contributed by atoms with E-state index in [0.717, 1.165) is 31.9 Å². The van der Waals surface area contributed by atoms with E-state index in [-0.39, 0.29) is 0 Å². The van der Waals surface area contributed by atoms with Crippen LogP contribution in [0.15, 0.2) is 24.4 Å². The molecule has 1 heterocycles. The van der Waals surface area contributed by atoms with Crippen LogP contribution in [0.3, 0.4) is 0 Å². The predicted molar refractivity (Wildman–Crippen MR) is 82.1 cm³/mol. The van der Waals surface area contributed by atoms with Crippen LogP contribution in [0.25, 0.3) is 0 Å². The van der Waals surface area contributed by atoms with E-state index in [1.807, 2.05) is 12.3 Å². The highest BCUT2D eigenvalue weighted by molar-refractivity contribution is 5.03. The van der Waals surface area contributed by atoms with Gasteiger partial charge in [-0.2, -0.15) is 0 Å². The van der Waals surface area contributed by atoms with Gasteiger partial charge >= 0.3 is 0 Å². The first-order chi connectivity index (χ1) is 9.19. The van der Waals surface area contributed by atoms with E-state index < -0.39 is 0 Å². The first-order valence-electron chi connectivity index (χ1n) is 7.46. The van der Waals surface area contributed by atoms with Crippen LogP contribution < -0.4 is 5.32 Å². The Hall–Kier alpha value is -0.930. The summed E-state index contributed by atoms with van der Waals surface area (Å²) in [6, 6.07) is 6.15. The lowest BCUT2D eigenvalue weighted by Crippen LogP contribution is -2.42. The number of nitrogens with one attached hydrogen (secondary N) is 1. The molecule has 0 atom stereocenters. The Morgan fingerprint density at radius 3 is 2.42 bits per heavy atom. The van der Waals surface area contributed by atoms with Gasteiger partial charge in [0.1, 0.15) is 0 Å². The lowest BCUT2D eigenvalue weighted by Gasteiger charge is -2.36. The van der Waals surface area contributed by atoms with E-state index in [1.54, 1.807) is 0 Å². The van der Waals surface area contributed by atoms with Crippen molar-refractivity contribution in [3.63, 3.8) is 0 Å². The van der Waals surface area contributed by atoms with Crippen LogP contribution >= 0.6 is 0 Å².